The number of aromatic nitrogens is 2. The van der Waals surface area contributed by atoms with Crippen molar-refractivity contribution < 1.29 is 16.1 Å². The smallest absolute Gasteiger partial charge is 0.224 e. The minimum Gasteiger partial charge on any atom is -0.412 e. The Morgan fingerprint density at radius 1 is 1.17 bits per heavy atom. The van der Waals surface area contributed by atoms with E-state index in [-0.39, 0.29) is 28.5 Å². The zero-order valence-corrected chi connectivity index (χ0v) is 21.4. The van der Waals surface area contributed by atoms with Crippen LogP contribution < -0.4 is 10.6 Å². The fraction of sp³-hybridized carbons (Fsp3) is 0.560. The van der Waals surface area contributed by atoms with Gasteiger partial charge in [-0.05, 0) is 73.6 Å². The molecule has 2 fully saturated rings. The Hall–Kier alpha value is -2.42. The Morgan fingerprint density at radius 3 is 2.54 bits per heavy atom. The molecule has 9 nitrogen and oxygen atoms in total. The van der Waals surface area contributed by atoms with E-state index in [0.29, 0.717) is 23.9 Å². The number of benzene rings is 1. The van der Waals surface area contributed by atoms with Gasteiger partial charge < -0.3 is 26.7 Å². The van der Waals surface area contributed by atoms with Crippen LogP contribution in [-0.2, 0) is 6.42 Å². The largest absolute Gasteiger partial charge is 0.412 e. The highest BCUT2D eigenvalue weighted by Crippen LogP contribution is 2.37. The van der Waals surface area contributed by atoms with Crippen LogP contribution in [-0.4, -0.2) is 62.1 Å². The molecule has 0 radical (unpaired) electrons. The zero-order valence-electron chi connectivity index (χ0n) is 20.5. The van der Waals surface area contributed by atoms with Crippen molar-refractivity contribution in [3.05, 3.63) is 41.6 Å². The molecule has 2 aromatic rings. The Bertz CT molecular complexity index is 976. The molecule has 1 aromatic heterocycles. The lowest BCUT2D eigenvalue weighted by atomic mass is 9.73. The average molecular weight is 503 g/mol. The molecule has 35 heavy (non-hydrogen) atoms. The third-order valence-corrected chi connectivity index (χ3v) is 7.74. The standard InChI is InChI=1S/C25H34N6OS.2H2O/c1-25(2)15-20(7-10-22(25)32)29-23-19(16-26)17-28-24(30-23)27-12-11-18-5-8-21(9-6-18)33-31-13-3-4-14-31;;/h5-6,8-9,17,20,22,32H,3-4,7,10-15H2,1-2H3,(H2,27,28,29,30);2*1H2/t20-,22+;;/m1../s1. The normalized spacial score (nSPS) is 21.3. The molecule has 0 unspecified atom stereocenters. The van der Waals surface area contributed by atoms with Crippen molar-refractivity contribution in [1.29, 1.82) is 5.26 Å². The van der Waals surface area contributed by atoms with Gasteiger partial charge in [0.05, 0.1) is 12.3 Å². The van der Waals surface area contributed by atoms with Gasteiger partial charge in [-0.25, -0.2) is 9.29 Å². The van der Waals surface area contributed by atoms with E-state index in [2.05, 4.69) is 69.1 Å². The van der Waals surface area contributed by atoms with E-state index in [9.17, 15) is 10.4 Å². The predicted octanol–water partition coefficient (Wildman–Crippen LogP) is 2.81. The first-order valence-corrected chi connectivity index (χ1v) is 12.7. The minimum atomic E-state index is -0.290. The first-order valence-electron chi connectivity index (χ1n) is 11.9. The number of nitriles is 1. The fourth-order valence-corrected chi connectivity index (χ4v) is 5.56. The molecule has 1 aliphatic heterocycles. The molecule has 1 aliphatic carbocycles. The van der Waals surface area contributed by atoms with Crippen LogP contribution >= 0.6 is 11.9 Å². The third kappa shape index (κ3) is 7.78. The number of nitrogens with one attached hydrogen (secondary N) is 2. The van der Waals surface area contributed by atoms with Crippen LogP contribution in [0.4, 0.5) is 11.8 Å². The molecule has 4 rings (SSSR count). The molecule has 1 saturated carbocycles. The van der Waals surface area contributed by atoms with Gasteiger partial charge in [0, 0.05) is 30.6 Å². The van der Waals surface area contributed by atoms with E-state index in [0.717, 1.165) is 25.7 Å². The molecule has 0 amide bonds. The van der Waals surface area contributed by atoms with E-state index >= 15 is 0 Å². The second kappa shape index (κ2) is 13.0. The summed E-state index contributed by atoms with van der Waals surface area (Å²) in [5, 5.41) is 26.4. The Morgan fingerprint density at radius 2 is 1.89 bits per heavy atom. The second-order valence-corrected chi connectivity index (χ2v) is 10.9. The summed E-state index contributed by atoms with van der Waals surface area (Å²) in [5.74, 6) is 1.09. The molecule has 2 atom stereocenters. The van der Waals surface area contributed by atoms with Crippen LogP contribution in [0.5, 0.6) is 0 Å². The second-order valence-electron chi connectivity index (χ2n) is 9.74. The van der Waals surface area contributed by atoms with E-state index in [4.69, 9.17) is 0 Å². The Kier molecular flexibility index (Phi) is 10.7. The lowest BCUT2D eigenvalue weighted by Gasteiger charge is -2.40. The molecular formula is C25H38N6O3S. The van der Waals surface area contributed by atoms with Crippen molar-refractivity contribution in [3.8, 4) is 6.07 Å². The molecule has 0 bridgehead atoms. The van der Waals surface area contributed by atoms with Crippen LogP contribution in [0.25, 0.3) is 0 Å². The summed E-state index contributed by atoms with van der Waals surface area (Å²) in [4.78, 5) is 10.2. The van der Waals surface area contributed by atoms with Gasteiger partial charge in [0.2, 0.25) is 5.95 Å². The maximum atomic E-state index is 10.2. The zero-order chi connectivity index (χ0) is 23.3. The summed E-state index contributed by atoms with van der Waals surface area (Å²) < 4.78 is 2.43. The molecule has 1 saturated heterocycles. The summed E-state index contributed by atoms with van der Waals surface area (Å²) in [6, 6.07) is 11.1. The van der Waals surface area contributed by atoms with Crippen LogP contribution in [0.15, 0.2) is 35.4 Å². The molecule has 0 spiro atoms. The van der Waals surface area contributed by atoms with Crippen LogP contribution in [0.2, 0.25) is 0 Å². The lowest BCUT2D eigenvalue weighted by Crippen LogP contribution is -2.41. The number of nitrogens with zero attached hydrogens (tertiary/aromatic N) is 4. The van der Waals surface area contributed by atoms with E-state index in [1.165, 1.54) is 36.4 Å². The van der Waals surface area contributed by atoms with Crippen LogP contribution in [0.1, 0.15) is 57.1 Å². The average Bonchev–Trinajstić information content (AvgIpc) is 3.31. The highest BCUT2D eigenvalue weighted by molar-refractivity contribution is 7.97. The molecule has 10 heteroatoms. The number of aliphatic hydroxyl groups excluding tert-OH is 1. The molecule has 2 heterocycles. The van der Waals surface area contributed by atoms with Crippen molar-refractivity contribution in [1.82, 2.24) is 14.3 Å². The van der Waals surface area contributed by atoms with E-state index < -0.39 is 0 Å². The van der Waals surface area contributed by atoms with Gasteiger partial charge in [0.1, 0.15) is 17.5 Å². The van der Waals surface area contributed by atoms with Crippen LogP contribution in [0, 0.1) is 16.7 Å². The van der Waals surface area contributed by atoms with Crippen molar-refractivity contribution in [2.45, 2.75) is 69.4 Å². The van der Waals surface area contributed by atoms with E-state index in [1.54, 1.807) is 6.20 Å². The van der Waals surface area contributed by atoms with Gasteiger partial charge in [0.15, 0.2) is 0 Å². The monoisotopic (exact) mass is 502 g/mol. The summed E-state index contributed by atoms with van der Waals surface area (Å²) in [6.45, 7) is 7.24. The molecule has 192 valence electrons. The van der Waals surface area contributed by atoms with Crippen LogP contribution in [0.3, 0.4) is 0 Å². The highest BCUT2D eigenvalue weighted by Gasteiger charge is 2.35. The number of rotatable bonds is 8. The first-order chi connectivity index (χ1) is 15.9. The third-order valence-electron chi connectivity index (χ3n) is 6.63. The van der Waals surface area contributed by atoms with Gasteiger partial charge in [-0.1, -0.05) is 26.0 Å². The first kappa shape index (κ1) is 28.8. The van der Waals surface area contributed by atoms with Gasteiger partial charge in [-0.3, -0.25) is 0 Å². The van der Waals surface area contributed by atoms with Gasteiger partial charge in [0.25, 0.3) is 0 Å². The van der Waals surface area contributed by atoms with Crippen molar-refractivity contribution in [3.63, 3.8) is 0 Å². The van der Waals surface area contributed by atoms with Gasteiger partial charge in [-0.15, -0.1) is 0 Å². The maximum Gasteiger partial charge on any atom is 0.224 e. The topological polar surface area (TPSA) is 160 Å². The van der Waals surface area contributed by atoms with Crippen molar-refractivity contribution >= 4 is 23.7 Å². The Labute approximate surface area is 212 Å². The minimum absolute atomic E-state index is 0. The maximum absolute atomic E-state index is 10.2. The van der Waals surface area contributed by atoms with Gasteiger partial charge >= 0.3 is 0 Å². The number of anilines is 2. The van der Waals surface area contributed by atoms with Crippen molar-refractivity contribution in [2.24, 2.45) is 5.41 Å². The SMILES string of the molecule is CC1(C)C[C@H](Nc2nc(NCCc3ccc(SN4CCCC4)cc3)ncc2C#N)CC[C@@H]1O.O.O. The fourth-order valence-electron chi connectivity index (χ4n) is 4.56. The van der Waals surface area contributed by atoms with E-state index in [1.807, 2.05) is 11.9 Å². The quantitative estimate of drug-likeness (QED) is 0.464. The molecule has 2 aliphatic rings. The van der Waals surface area contributed by atoms with Crippen molar-refractivity contribution in [2.75, 3.05) is 30.3 Å². The summed E-state index contributed by atoms with van der Waals surface area (Å²) in [7, 11) is 0. The summed E-state index contributed by atoms with van der Waals surface area (Å²) >= 11 is 1.85. The number of hydrogen-bond acceptors (Lipinski definition) is 8. The Balaban J connectivity index is 0.00000216. The predicted molar refractivity (Wildman–Crippen MR) is 140 cm³/mol. The molecule has 1 aromatic carbocycles. The summed E-state index contributed by atoms with van der Waals surface area (Å²) in [5.41, 5.74) is 1.55. The molecule has 7 N–H and O–H groups in total. The molecular weight excluding hydrogens is 464 g/mol. The number of hydrogen-bond donors (Lipinski definition) is 3. The summed E-state index contributed by atoms with van der Waals surface area (Å²) in [6.07, 6.45) is 7.19. The lowest BCUT2D eigenvalue weighted by molar-refractivity contribution is 0.00926. The highest BCUT2D eigenvalue weighted by atomic mass is 32.2. The number of aliphatic hydroxyl groups is 1. The van der Waals surface area contributed by atoms with Gasteiger partial charge in [-0.2, -0.15) is 10.2 Å².